The third-order valence-electron chi connectivity index (χ3n) is 6.86. The highest BCUT2D eigenvalue weighted by Crippen LogP contribution is 2.24. The highest BCUT2D eigenvalue weighted by atomic mass is 16.5. The molecule has 1 aromatic rings. The van der Waals surface area contributed by atoms with E-state index in [4.69, 9.17) is 4.74 Å². The van der Waals surface area contributed by atoms with Gasteiger partial charge in [-0.05, 0) is 37.7 Å². The molecule has 1 aliphatic carbocycles. The van der Waals surface area contributed by atoms with Gasteiger partial charge in [-0.25, -0.2) is 0 Å². The Balaban J connectivity index is 1.61. The Morgan fingerprint density at radius 3 is 2.37 bits per heavy atom. The second-order valence-corrected chi connectivity index (χ2v) is 9.50. The molecule has 3 rings (SSSR count). The topological polar surface area (TPSA) is 128 Å². The van der Waals surface area contributed by atoms with Crippen LogP contribution in [0.25, 0.3) is 0 Å². The minimum absolute atomic E-state index is 0.164. The minimum atomic E-state index is -1.75. The van der Waals surface area contributed by atoms with Crippen LogP contribution in [0.2, 0.25) is 0 Å². The lowest BCUT2D eigenvalue weighted by Crippen LogP contribution is -2.56. The van der Waals surface area contributed by atoms with E-state index >= 15 is 0 Å². The summed E-state index contributed by atoms with van der Waals surface area (Å²) in [5, 5.41) is 25.2. The first-order valence-electron chi connectivity index (χ1n) is 12.8. The standard InChI is InChI=1S/C25H38BN3O6/c30-23(29-14-16-35-17-15-29)18-21(27-24(31)20-11-5-2-6-12-20)25(32)28-22(26(33)34)13-7-10-19-8-3-1-4-9-19/h1,3-4,8-9,20-22,33-34H,2,5-7,10-18H2,(H,27,31)(H,28,32). The molecule has 1 aliphatic heterocycles. The summed E-state index contributed by atoms with van der Waals surface area (Å²) in [4.78, 5) is 40.6. The largest absolute Gasteiger partial charge is 0.475 e. The zero-order valence-electron chi connectivity index (χ0n) is 20.4. The summed E-state index contributed by atoms with van der Waals surface area (Å²) in [6.07, 6.45) is 6.13. The molecule has 2 unspecified atom stereocenters. The molecule has 0 spiro atoms. The molecule has 0 bridgehead atoms. The summed E-state index contributed by atoms with van der Waals surface area (Å²) in [5.74, 6) is -2.10. The van der Waals surface area contributed by atoms with E-state index in [2.05, 4.69) is 10.6 Å². The number of nitrogens with zero attached hydrogens (tertiary/aromatic N) is 1. The van der Waals surface area contributed by atoms with E-state index in [1.165, 1.54) is 0 Å². The number of hydrogen-bond acceptors (Lipinski definition) is 6. The maximum absolute atomic E-state index is 13.2. The molecule has 1 saturated heterocycles. The molecule has 2 fully saturated rings. The van der Waals surface area contributed by atoms with Gasteiger partial charge in [-0.3, -0.25) is 14.4 Å². The summed E-state index contributed by atoms with van der Waals surface area (Å²) in [7, 11) is -1.75. The molecule has 35 heavy (non-hydrogen) atoms. The van der Waals surface area contributed by atoms with Crippen LogP contribution in [0.15, 0.2) is 30.3 Å². The van der Waals surface area contributed by atoms with Crippen molar-refractivity contribution in [3.8, 4) is 0 Å². The minimum Gasteiger partial charge on any atom is -0.426 e. The monoisotopic (exact) mass is 487 g/mol. The van der Waals surface area contributed by atoms with Crippen molar-refractivity contribution in [1.82, 2.24) is 15.5 Å². The molecule has 3 amide bonds. The number of carbonyl (C=O) groups is 3. The molecule has 10 heteroatoms. The fourth-order valence-corrected chi connectivity index (χ4v) is 4.73. The molecule has 0 radical (unpaired) electrons. The van der Waals surface area contributed by atoms with Gasteiger partial charge in [-0.15, -0.1) is 0 Å². The van der Waals surface area contributed by atoms with Gasteiger partial charge >= 0.3 is 7.12 Å². The van der Waals surface area contributed by atoms with Gasteiger partial charge in [-0.1, -0.05) is 49.6 Å². The first kappa shape index (κ1) is 27.2. The lowest BCUT2D eigenvalue weighted by Gasteiger charge is -2.30. The number of morpholine rings is 1. The van der Waals surface area contributed by atoms with Crippen molar-refractivity contribution < 1.29 is 29.2 Å². The number of amides is 3. The van der Waals surface area contributed by atoms with Crippen LogP contribution in [0, 0.1) is 5.92 Å². The van der Waals surface area contributed by atoms with Crippen LogP contribution in [0.1, 0.15) is 56.9 Å². The first-order valence-corrected chi connectivity index (χ1v) is 12.8. The predicted molar refractivity (Wildman–Crippen MR) is 132 cm³/mol. The van der Waals surface area contributed by atoms with E-state index < -0.39 is 25.0 Å². The predicted octanol–water partition coefficient (Wildman–Crippen LogP) is 0.820. The molecule has 4 N–H and O–H groups in total. The highest BCUT2D eigenvalue weighted by Gasteiger charge is 2.33. The lowest BCUT2D eigenvalue weighted by atomic mass is 9.76. The van der Waals surface area contributed by atoms with Crippen LogP contribution in [-0.2, 0) is 25.5 Å². The Hall–Kier alpha value is -2.43. The van der Waals surface area contributed by atoms with Crippen LogP contribution in [-0.4, -0.2) is 78.1 Å². The Morgan fingerprint density at radius 2 is 1.71 bits per heavy atom. The number of benzene rings is 1. The van der Waals surface area contributed by atoms with E-state index in [1.807, 2.05) is 30.3 Å². The summed E-state index contributed by atoms with van der Waals surface area (Å²) in [6.45, 7) is 1.77. The smallest absolute Gasteiger partial charge is 0.426 e. The number of hydrogen-bond donors (Lipinski definition) is 4. The van der Waals surface area contributed by atoms with Gasteiger partial charge in [0.2, 0.25) is 17.7 Å². The van der Waals surface area contributed by atoms with Crippen LogP contribution in [0.4, 0.5) is 0 Å². The van der Waals surface area contributed by atoms with E-state index in [1.54, 1.807) is 4.90 Å². The maximum Gasteiger partial charge on any atom is 0.475 e. The molecule has 0 aromatic heterocycles. The Kier molecular flexibility index (Phi) is 11.0. The van der Waals surface area contributed by atoms with Gasteiger partial charge in [0.1, 0.15) is 6.04 Å². The number of aryl methyl sites for hydroxylation is 1. The average molecular weight is 487 g/mol. The molecule has 9 nitrogen and oxygen atoms in total. The quantitative estimate of drug-likeness (QED) is 0.342. The molecule has 2 atom stereocenters. The molecule has 2 aliphatic rings. The van der Waals surface area contributed by atoms with E-state index in [-0.39, 0.29) is 24.2 Å². The molecule has 1 heterocycles. The third kappa shape index (κ3) is 8.94. The molecular weight excluding hydrogens is 449 g/mol. The number of nitrogens with one attached hydrogen (secondary N) is 2. The SMILES string of the molecule is O=C(NC(CC(=O)N1CCOCC1)C(=O)NC(CCCc1ccccc1)B(O)O)C1CCCCC1. The van der Waals surface area contributed by atoms with Crippen molar-refractivity contribution in [2.75, 3.05) is 26.3 Å². The van der Waals surface area contributed by atoms with Crippen molar-refractivity contribution in [2.45, 2.75) is 69.8 Å². The average Bonchev–Trinajstić information content (AvgIpc) is 2.89. The van der Waals surface area contributed by atoms with Crippen LogP contribution in [0.3, 0.4) is 0 Å². The van der Waals surface area contributed by atoms with Gasteiger partial charge in [0.05, 0.1) is 25.6 Å². The van der Waals surface area contributed by atoms with Crippen molar-refractivity contribution in [2.24, 2.45) is 5.92 Å². The number of ether oxygens (including phenoxy) is 1. The van der Waals surface area contributed by atoms with Crippen LogP contribution in [0.5, 0.6) is 0 Å². The van der Waals surface area contributed by atoms with Crippen molar-refractivity contribution >= 4 is 24.8 Å². The van der Waals surface area contributed by atoms with Crippen molar-refractivity contribution in [1.29, 1.82) is 0 Å². The van der Waals surface area contributed by atoms with E-state index in [9.17, 15) is 24.4 Å². The lowest BCUT2D eigenvalue weighted by molar-refractivity contribution is -0.139. The fraction of sp³-hybridized carbons (Fsp3) is 0.640. The Bertz CT molecular complexity index is 781. The molecular formula is C25H38BN3O6. The second-order valence-electron chi connectivity index (χ2n) is 9.50. The van der Waals surface area contributed by atoms with E-state index in [0.717, 1.165) is 44.1 Å². The van der Waals surface area contributed by atoms with E-state index in [0.29, 0.717) is 39.1 Å². The first-order chi connectivity index (χ1) is 16.9. The van der Waals surface area contributed by atoms with Gasteiger partial charge in [-0.2, -0.15) is 0 Å². The van der Waals surface area contributed by atoms with Gasteiger partial charge in [0.25, 0.3) is 0 Å². The highest BCUT2D eigenvalue weighted by molar-refractivity contribution is 6.43. The van der Waals surface area contributed by atoms with Gasteiger partial charge in [0.15, 0.2) is 0 Å². The van der Waals surface area contributed by atoms with Crippen LogP contribution >= 0.6 is 0 Å². The van der Waals surface area contributed by atoms with Crippen molar-refractivity contribution in [3.63, 3.8) is 0 Å². The Labute approximate surface area is 207 Å². The summed E-state index contributed by atoms with van der Waals surface area (Å²) in [5.41, 5.74) is 1.12. The molecule has 1 aromatic carbocycles. The molecule has 1 saturated carbocycles. The summed E-state index contributed by atoms with van der Waals surface area (Å²) in [6, 6.07) is 8.74. The number of carbonyl (C=O) groups excluding carboxylic acids is 3. The second kappa shape index (κ2) is 14.2. The number of rotatable bonds is 11. The fourth-order valence-electron chi connectivity index (χ4n) is 4.73. The summed E-state index contributed by atoms with van der Waals surface area (Å²) >= 11 is 0. The van der Waals surface area contributed by atoms with Crippen molar-refractivity contribution in [3.05, 3.63) is 35.9 Å². The summed E-state index contributed by atoms with van der Waals surface area (Å²) < 4.78 is 5.30. The zero-order valence-corrected chi connectivity index (χ0v) is 20.4. The third-order valence-corrected chi connectivity index (χ3v) is 6.86. The normalized spacial score (nSPS) is 18.4. The Morgan fingerprint density at radius 1 is 1.03 bits per heavy atom. The van der Waals surface area contributed by atoms with Gasteiger partial charge < -0.3 is 30.3 Å². The molecule has 192 valence electrons. The zero-order chi connectivity index (χ0) is 25.0. The van der Waals surface area contributed by atoms with Crippen LogP contribution < -0.4 is 10.6 Å². The maximum atomic E-state index is 13.2. The van der Waals surface area contributed by atoms with Gasteiger partial charge in [0, 0.05) is 19.0 Å².